The first kappa shape index (κ1) is 32.8. The van der Waals surface area contributed by atoms with Crippen LogP contribution >= 0.6 is 0 Å². The van der Waals surface area contributed by atoms with Crippen molar-refractivity contribution in [1.82, 2.24) is 0 Å². The Kier molecular flexibility index (Phi) is 8.81. The van der Waals surface area contributed by atoms with Crippen molar-refractivity contribution in [3.63, 3.8) is 0 Å². The molecule has 5 aliphatic rings. The summed E-state index contributed by atoms with van der Waals surface area (Å²) in [6, 6.07) is 20.2. The smallest absolute Gasteiger partial charge is 0.318 e. The number of hydrogen-bond acceptors (Lipinski definition) is 5. The standard InChI is InChI=1S/C42H54O5/c1-6-14-29(7-2)23-36(43)40-26-33-28(5)19-20-34(33)41(39-45-21-22-46-39)25-32(40)24-35(27(3)4)42(40,41)38(44)47-37(30-15-10-8-11-16-30)31-17-12-9-13-18-31/h7-13,15-18,24,27-29,32-34,36-37,39,43H,2,6,14,19-23,25-26H2,1,3-5H3/t28-,29?,32?,33-,34-,36?,40?,41?,42-/m1/s1. The summed E-state index contributed by atoms with van der Waals surface area (Å²) in [6.07, 6.45) is 8.97. The Bertz CT molecular complexity index is 1420. The Morgan fingerprint density at radius 2 is 1.66 bits per heavy atom. The molecule has 2 aromatic rings. The first-order valence-corrected chi connectivity index (χ1v) is 18.3. The minimum Gasteiger partial charge on any atom is -0.452 e. The Hall–Kier alpha value is -2.73. The third kappa shape index (κ3) is 4.62. The van der Waals surface area contributed by atoms with Crippen LogP contribution in [-0.4, -0.2) is 36.7 Å². The van der Waals surface area contributed by atoms with Crippen molar-refractivity contribution in [3.8, 4) is 0 Å². The maximum atomic E-state index is 16.0. The molecule has 5 nitrogen and oxygen atoms in total. The lowest BCUT2D eigenvalue weighted by Gasteiger charge is -2.63. The fraction of sp³-hybridized carbons (Fsp3) is 0.595. The van der Waals surface area contributed by atoms with E-state index in [0.717, 1.165) is 55.2 Å². The molecule has 1 saturated heterocycles. The van der Waals surface area contributed by atoms with Gasteiger partial charge in [-0.05, 0) is 78.7 Å². The normalized spacial score (nSPS) is 35.6. The van der Waals surface area contributed by atoms with Crippen LogP contribution in [0.4, 0.5) is 0 Å². The second-order valence-electron chi connectivity index (χ2n) is 15.7. The number of aliphatic hydroxyl groups excluding tert-OH is 1. The monoisotopic (exact) mass is 638 g/mol. The van der Waals surface area contributed by atoms with Crippen LogP contribution < -0.4 is 0 Å². The van der Waals surface area contributed by atoms with Crippen molar-refractivity contribution in [1.29, 1.82) is 0 Å². The number of ether oxygens (including phenoxy) is 3. The molecule has 4 bridgehead atoms. The number of hydrogen-bond donors (Lipinski definition) is 1. The lowest BCUT2D eigenvalue weighted by Crippen LogP contribution is -2.68. The zero-order valence-electron chi connectivity index (χ0n) is 28.8. The average Bonchev–Trinajstić information content (AvgIpc) is 3.86. The van der Waals surface area contributed by atoms with Gasteiger partial charge in [-0.3, -0.25) is 4.79 Å². The second-order valence-corrected chi connectivity index (χ2v) is 15.7. The van der Waals surface area contributed by atoms with Gasteiger partial charge in [0.1, 0.15) is 5.41 Å². The second kappa shape index (κ2) is 12.6. The van der Waals surface area contributed by atoms with E-state index >= 15 is 4.79 Å². The molecule has 0 spiro atoms. The summed E-state index contributed by atoms with van der Waals surface area (Å²) in [5, 5.41) is 12.9. The number of allylic oxidation sites excluding steroid dienone is 2. The molecule has 9 atom stereocenters. The molecule has 1 aliphatic heterocycles. The molecule has 1 N–H and O–H groups in total. The van der Waals surface area contributed by atoms with E-state index in [0.29, 0.717) is 31.5 Å². The largest absolute Gasteiger partial charge is 0.452 e. The molecule has 4 fully saturated rings. The molecule has 0 amide bonds. The lowest BCUT2D eigenvalue weighted by atomic mass is 9.40. The van der Waals surface area contributed by atoms with E-state index in [1.54, 1.807) is 0 Å². The Balaban J connectivity index is 1.46. The van der Waals surface area contributed by atoms with Gasteiger partial charge in [0, 0.05) is 10.8 Å². The third-order valence-electron chi connectivity index (χ3n) is 13.4. The summed E-state index contributed by atoms with van der Waals surface area (Å²) >= 11 is 0. The van der Waals surface area contributed by atoms with E-state index in [1.807, 2.05) is 66.7 Å². The number of carbonyl (C=O) groups is 1. The zero-order valence-corrected chi connectivity index (χ0v) is 28.8. The van der Waals surface area contributed by atoms with Crippen LogP contribution in [0.2, 0.25) is 0 Å². The predicted molar refractivity (Wildman–Crippen MR) is 184 cm³/mol. The fourth-order valence-electron chi connectivity index (χ4n) is 11.7. The van der Waals surface area contributed by atoms with Gasteiger partial charge in [0.25, 0.3) is 0 Å². The van der Waals surface area contributed by atoms with E-state index in [2.05, 4.69) is 40.3 Å². The topological polar surface area (TPSA) is 65.0 Å². The minimum atomic E-state index is -1.09. The van der Waals surface area contributed by atoms with Crippen LogP contribution in [0.3, 0.4) is 0 Å². The first-order valence-electron chi connectivity index (χ1n) is 18.3. The van der Waals surface area contributed by atoms with Crippen LogP contribution in [0.5, 0.6) is 0 Å². The highest BCUT2D eigenvalue weighted by Crippen LogP contribution is 2.85. The Labute approximate surface area is 281 Å². The van der Waals surface area contributed by atoms with E-state index in [-0.39, 0.29) is 29.6 Å². The van der Waals surface area contributed by atoms with Gasteiger partial charge in [0.05, 0.1) is 19.3 Å². The van der Waals surface area contributed by atoms with Crippen molar-refractivity contribution in [2.24, 2.45) is 51.8 Å². The third-order valence-corrected chi connectivity index (χ3v) is 13.4. The first-order chi connectivity index (χ1) is 22.8. The molecule has 4 aliphatic carbocycles. The maximum absolute atomic E-state index is 16.0. The van der Waals surface area contributed by atoms with Crippen molar-refractivity contribution >= 4 is 5.97 Å². The number of aliphatic hydroxyl groups is 1. The van der Waals surface area contributed by atoms with Gasteiger partial charge in [-0.2, -0.15) is 0 Å². The summed E-state index contributed by atoms with van der Waals surface area (Å²) in [5.74, 6) is 1.23. The van der Waals surface area contributed by atoms with Crippen molar-refractivity contribution in [2.75, 3.05) is 13.2 Å². The predicted octanol–water partition coefficient (Wildman–Crippen LogP) is 8.69. The van der Waals surface area contributed by atoms with E-state index < -0.39 is 34.7 Å². The summed E-state index contributed by atoms with van der Waals surface area (Å²) in [4.78, 5) is 16.0. The van der Waals surface area contributed by atoms with Gasteiger partial charge in [0.2, 0.25) is 0 Å². The molecular formula is C42H54O5. The minimum absolute atomic E-state index is 0.0343. The van der Waals surface area contributed by atoms with E-state index in [1.165, 1.54) is 0 Å². The van der Waals surface area contributed by atoms with Crippen LogP contribution in [-0.2, 0) is 19.0 Å². The highest BCUT2D eigenvalue weighted by Gasteiger charge is 2.88. The molecule has 5 unspecified atom stereocenters. The van der Waals surface area contributed by atoms with Gasteiger partial charge < -0.3 is 19.3 Å². The van der Waals surface area contributed by atoms with Crippen molar-refractivity contribution in [2.45, 2.75) is 91.1 Å². The molecule has 0 aromatic heterocycles. The average molecular weight is 639 g/mol. The molecule has 7 rings (SSSR count). The van der Waals surface area contributed by atoms with E-state index in [4.69, 9.17) is 14.2 Å². The molecule has 252 valence electrons. The van der Waals surface area contributed by atoms with Gasteiger partial charge in [0.15, 0.2) is 12.4 Å². The van der Waals surface area contributed by atoms with Gasteiger partial charge in [-0.15, -0.1) is 6.58 Å². The van der Waals surface area contributed by atoms with Crippen LogP contribution in [0.15, 0.2) is 85.0 Å². The summed E-state index contributed by atoms with van der Waals surface area (Å²) in [5.41, 5.74) is 0.579. The van der Waals surface area contributed by atoms with Gasteiger partial charge in [-0.1, -0.05) is 119 Å². The van der Waals surface area contributed by atoms with E-state index in [9.17, 15) is 5.11 Å². The summed E-state index contributed by atoms with van der Waals surface area (Å²) in [6.45, 7) is 14.2. The molecule has 47 heavy (non-hydrogen) atoms. The van der Waals surface area contributed by atoms with Crippen molar-refractivity contribution in [3.05, 3.63) is 96.1 Å². The van der Waals surface area contributed by atoms with Gasteiger partial charge in [-0.25, -0.2) is 0 Å². The fourth-order valence-corrected chi connectivity index (χ4v) is 11.7. The number of carbonyl (C=O) groups excluding carboxylic acids is 1. The highest BCUT2D eigenvalue weighted by molar-refractivity contribution is 5.87. The molecule has 1 heterocycles. The molecular weight excluding hydrogens is 584 g/mol. The molecule has 5 heteroatoms. The highest BCUT2D eigenvalue weighted by atomic mass is 16.7. The zero-order chi connectivity index (χ0) is 33.0. The summed E-state index contributed by atoms with van der Waals surface area (Å²) < 4.78 is 20.2. The Morgan fingerprint density at radius 3 is 2.23 bits per heavy atom. The molecule has 2 aromatic carbocycles. The number of esters is 1. The van der Waals surface area contributed by atoms with Crippen LogP contribution in [0, 0.1) is 51.8 Å². The van der Waals surface area contributed by atoms with Crippen molar-refractivity contribution < 1.29 is 24.1 Å². The number of fused-ring (bicyclic) bond motifs is 2. The molecule has 0 radical (unpaired) electrons. The quantitative estimate of drug-likeness (QED) is 0.186. The van der Waals surface area contributed by atoms with Crippen LogP contribution in [0.1, 0.15) is 89.9 Å². The lowest BCUT2D eigenvalue weighted by molar-refractivity contribution is -0.255. The maximum Gasteiger partial charge on any atom is 0.318 e. The summed E-state index contributed by atoms with van der Waals surface area (Å²) in [7, 11) is 0. The SMILES string of the molecule is C=CC(CCC)CC(O)C12C[C@@H]3[C@H](C)CC[C@H]3C3(C4OCCO4)CC1C=C(C(C)C)[C@@]23C(=O)OC(c1ccccc1)c1ccccc1. The number of rotatable bonds is 12. The molecule has 3 saturated carbocycles. The van der Waals surface area contributed by atoms with Gasteiger partial charge >= 0.3 is 5.97 Å². The van der Waals surface area contributed by atoms with Crippen LogP contribution in [0.25, 0.3) is 0 Å². The Morgan fingerprint density at radius 1 is 1.02 bits per heavy atom. The number of benzene rings is 2.